The highest BCUT2D eigenvalue weighted by molar-refractivity contribution is 5.73. The van der Waals surface area contributed by atoms with Gasteiger partial charge in [0, 0.05) is 45.3 Å². The summed E-state index contributed by atoms with van der Waals surface area (Å²) >= 11 is 0. The van der Waals surface area contributed by atoms with Crippen LogP contribution in [0.2, 0.25) is 0 Å². The topological polar surface area (TPSA) is 89.3 Å². The van der Waals surface area contributed by atoms with Crippen molar-refractivity contribution in [3.05, 3.63) is 32.1 Å². The van der Waals surface area contributed by atoms with Gasteiger partial charge in [-0.25, -0.2) is 4.79 Å². The molecule has 0 radical (unpaired) electrons. The molecule has 0 spiro atoms. The normalized spacial score (nSPS) is 16.6. The molecule has 0 atom stereocenters. The molecule has 1 saturated heterocycles. The molecule has 104 valence electrons. The lowest BCUT2D eigenvalue weighted by atomic mass is 10.2. The number of H-pyrrole nitrogens is 2. The van der Waals surface area contributed by atoms with E-state index in [1.807, 2.05) is 0 Å². The van der Waals surface area contributed by atoms with E-state index in [4.69, 9.17) is 0 Å². The third kappa shape index (κ3) is 3.11. The first-order valence-corrected chi connectivity index (χ1v) is 6.27. The van der Waals surface area contributed by atoms with Gasteiger partial charge in [-0.15, -0.1) is 0 Å². The number of carbonyl (C=O) groups is 1. The van der Waals surface area contributed by atoms with Gasteiger partial charge in [0.2, 0.25) is 5.91 Å². The maximum Gasteiger partial charge on any atom is 0.325 e. The Labute approximate surface area is 110 Å². The van der Waals surface area contributed by atoms with E-state index >= 15 is 0 Å². The predicted octanol–water partition coefficient (Wildman–Crippen LogP) is -0.964. The number of hydrogen-bond donors (Lipinski definition) is 2. The molecule has 19 heavy (non-hydrogen) atoms. The summed E-state index contributed by atoms with van der Waals surface area (Å²) in [6.07, 6.45) is 0. The van der Waals surface area contributed by atoms with E-state index in [9.17, 15) is 14.4 Å². The van der Waals surface area contributed by atoms with Gasteiger partial charge in [-0.05, 0) is 6.92 Å². The quantitative estimate of drug-likeness (QED) is 0.721. The predicted molar refractivity (Wildman–Crippen MR) is 70.0 cm³/mol. The number of hydrogen-bond acceptors (Lipinski definition) is 4. The summed E-state index contributed by atoms with van der Waals surface area (Å²) < 4.78 is 0. The Hall–Kier alpha value is -1.89. The Bertz CT molecular complexity index is 581. The number of carbonyl (C=O) groups excluding carboxylic acids is 1. The number of amides is 1. The number of aryl methyl sites for hydroxylation is 1. The fourth-order valence-electron chi connectivity index (χ4n) is 2.26. The number of aromatic amines is 2. The summed E-state index contributed by atoms with van der Waals surface area (Å²) in [6.45, 7) is 6.59. The Morgan fingerprint density at radius 2 is 1.79 bits per heavy atom. The lowest BCUT2D eigenvalue weighted by Gasteiger charge is -2.34. The third-order valence-electron chi connectivity index (χ3n) is 3.45. The van der Waals surface area contributed by atoms with Crippen LogP contribution in [0.4, 0.5) is 0 Å². The molecular weight excluding hydrogens is 248 g/mol. The fourth-order valence-corrected chi connectivity index (χ4v) is 2.26. The minimum atomic E-state index is -0.479. The molecule has 0 saturated carbocycles. The lowest BCUT2D eigenvalue weighted by Crippen LogP contribution is -2.48. The van der Waals surface area contributed by atoms with Crippen molar-refractivity contribution in [1.82, 2.24) is 19.8 Å². The first-order valence-electron chi connectivity index (χ1n) is 6.27. The minimum Gasteiger partial charge on any atom is -0.340 e. The van der Waals surface area contributed by atoms with Crippen LogP contribution in [0.3, 0.4) is 0 Å². The molecule has 0 aromatic carbocycles. The van der Waals surface area contributed by atoms with Crippen molar-refractivity contribution in [3.63, 3.8) is 0 Å². The average Bonchev–Trinajstić information content (AvgIpc) is 2.34. The highest BCUT2D eigenvalue weighted by atomic mass is 16.2. The van der Waals surface area contributed by atoms with Crippen molar-refractivity contribution in [3.8, 4) is 0 Å². The molecule has 0 bridgehead atoms. The van der Waals surface area contributed by atoms with Gasteiger partial charge in [-0.2, -0.15) is 0 Å². The van der Waals surface area contributed by atoms with Gasteiger partial charge in [0.25, 0.3) is 5.56 Å². The molecule has 0 unspecified atom stereocenters. The number of piperazine rings is 1. The highest BCUT2D eigenvalue weighted by Crippen LogP contribution is 2.07. The van der Waals surface area contributed by atoms with Crippen LogP contribution in [-0.2, 0) is 11.3 Å². The Morgan fingerprint density at radius 3 is 2.32 bits per heavy atom. The molecule has 1 fully saturated rings. The molecule has 2 heterocycles. The first-order chi connectivity index (χ1) is 8.97. The average molecular weight is 266 g/mol. The van der Waals surface area contributed by atoms with Gasteiger partial charge in [-0.3, -0.25) is 19.5 Å². The second kappa shape index (κ2) is 5.40. The van der Waals surface area contributed by atoms with Crippen LogP contribution in [0.5, 0.6) is 0 Å². The van der Waals surface area contributed by atoms with Crippen LogP contribution < -0.4 is 11.2 Å². The Morgan fingerprint density at radius 1 is 1.16 bits per heavy atom. The zero-order valence-corrected chi connectivity index (χ0v) is 11.2. The van der Waals surface area contributed by atoms with Gasteiger partial charge in [-0.1, -0.05) is 0 Å². The van der Waals surface area contributed by atoms with E-state index in [2.05, 4.69) is 14.9 Å². The molecule has 1 aliphatic heterocycles. The SMILES string of the molecule is CC(=O)N1CCN(Cc2c(C)[nH]c(=O)[nH]c2=O)CC1. The standard InChI is InChI=1S/C12H18N4O3/c1-8-10(11(18)14-12(19)13-8)7-15-3-5-16(6-4-15)9(2)17/h3-7H2,1-2H3,(H2,13,14,18,19). The van der Waals surface area contributed by atoms with Crippen LogP contribution in [-0.4, -0.2) is 51.9 Å². The van der Waals surface area contributed by atoms with Crippen LogP contribution in [0, 0.1) is 6.92 Å². The van der Waals surface area contributed by atoms with E-state index < -0.39 is 5.69 Å². The van der Waals surface area contributed by atoms with Crippen molar-refractivity contribution in [2.45, 2.75) is 20.4 Å². The second-order valence-corrected chi connectivity index (χ2v) is 4.79. The van der Waals surface area contributed by atoms with E-state index in [0.29, 0.717) is 30.9 Å². The maximum atomic E-state index is 11.7. The molecule has 7 nitrogen and oxygen atoms in total. The van der Waals surface area contributed by atoms with Gasteiger partial charge in [0.15, 0.2) is 0 Å². The summed E-state index contributed by atoms with van der Waals surface area (Å²) in [5.74, 6) is 0.0812. The third-order valence-corrected chi connectivity index (χ3v) is 3.45. The smallest absolute Gasteiger partial charge is 0.325 e. The highest BCUT2D eigenvalue weighted by Gasteiger charge is 2.20. The zero-order chi connectivity index (χ0) is 14.0. The summed E-state index contributed by atoms with van der Waals surface area (Å²) in [5.41, 5.74) is 0.363. The Balaban J connectivity index is 2.06. The van der Waals surface area contributed by atoms with Crippen LogP contribution >= 0.6 is 0 Å². The van der Waals surface area contributed by atoms with Gasteiger partial charge >= 0.3 is 5.69 Å². The molecule has 1 aliphatic rings. The van der Waals surface area contributed by atoms with Crippen molar-refractivity contribution in [2.24, 2.45) is 0 Å². The van der Waals surface area contributed by atoms with Crippen molar-refractivity contribution >= 4 is 5.91 Å². The van der Waals surface area contributed by atoms with Crippen LogP contribution in [0.25, 0.3) is 0 Å². The maximum absolute atomic E-state index is 11.7. The molecule has 2 rings (SSSR count). The summed E-state index contributed by atoms with van der Waals surface area (Å²) in [4.78, 5) is 42.8. The van der Waals surface area contributed by atoms with Crippen molar-refractivity contribution in [1.29, 1.82) is 0 Å². The van der Waals surface area contributed by atoms with E-state index in [1.54, 1.807) is 18.7 Å². The summed E-state index contributed by atoms with van der Waals surface area (Å²) in [7, 11) is 0. The molecule has 1 aromatic rings. The van der Waals surface area contributed by atoms with E-state index in [0.717, 1.165) is 13.1 Å². The van der Waals surface area contributed by atoms with Gasteiger partial charge in [0.1, 0.15) is 0 Å². The lowest BCUT2D eigenvalue weighted by molar-refractivity contribution is -0.130. The molecule has 0 aliphatic carbocycles. The zero-order valence-electron chi connectivity index (χ0n) is 11.2. The summed E-state index contributed by atoms with van der Waals surface area (Å²) in [5, 5.41) is 0. The molecule has 7 heteroatoms. The number of rotatable bonds is 2. The van der Waals surface area contributed by atoms with Crippen LogP contribution in [0.1, 0.15) is 18.2 Å². The van der Waals surface area contributed by atoms with Gasteiger partial charge in [0.05, 0.1) is 5.56 Å². The van der Waals surface area contributed by atoms with Crippen LogP contribution in [0.15, 0.2) is 9.59 Å². The number of nitrogens with one attached hydrogen (secondary N) is 2. The first kappa shape index (κ1) is 13.5. The molecular formula is C12H18N4O3. The van der Waals surface area contributed by atoms with Crippen molar-refractivity contribution < 1.29 is 4.79 Å². The fraction of sp³-hybridized carbons (Fsp3) is 0.583. The monoisotopic (exact) mass is 266 g/mol. The molecule has 1 amide bonds. The second-order valence-electron chi connectivity index (χ2n) is 4.79. The van der Waals surface area contributed by atoms with E-state index in [-0.39, 0.29) is 11.5 Å². The van der Waals surface area contributed by atoms with Crippen molar-refractivity contribution in [2.75, 3.05) is 26.2 Å². The molecule has 1 aromatic heterocycles. The van der Waals surface area contributed by atoms with Gasteiger partial charge < -0.3 is 9.88 Å². The largest absolute Gasteiger partial charge is 0.340 e. The molecule has 2 N–H and O–H groups in total. The van der Waals surface area contributed by atoms with E-state index in [1.165, 1.54) is 0 Å². The number of aromatic nitrogens is 2. The number of nitrogens with zero attached hydrogens (tertiary/aromatic N) is 2. The summed E-state index contributed by atoms with van der Waals surface area (Å²) in [6, 6.07) is 0. The minimum absolute atomic E-state index is 0.0812. The Kier molecular flexibility index (Phi) is 3.84.